The van der Waals surface area contributed by atoms with Gasteiger partial charge in [0.1, 0.15) is 0 Å². The Labute approximate surface area is 140 Å². The lowest BCUT2D eigenvalue weighted by molar-refractivity contribution is -0.136. The van der Waals surface area contributed by atoms with Gasteiger partial charge in [-0.3, -0.25) is 14.4 Å². The minimum Gasteiger partial charge on any atom is -0.345 e. The summed E-state index contributed by atoms with van der Waals surface area (Å²) in [5.74, 6) is -0.803. The van der Waals surface area contributed by atoms with E-state index in [1.54, 1.807) is 6.07 Å². The van der Waals surface area contributed by atoms with Gasteiger partial charge in [-0.25, -0.2) is 0 Å². The fourth-order valence-electron chi connectivity index (χ4n) is 3.12. The molecule has 3 aliphatic rings. The van der Waals surface area contributed by atoms with E-state index in [4.69, 9.17) is 0 Å². The van der Waals surface area contributed by atoms with Crippen molar-refractivity contribution >= 4 is 29.1 Å². The highest BCUT2D eigenvalue weighted by atomic mass is 16.2. The third-order valence-corrected chi connectivity index (χ3v) is 4.77. The number of carbonyl (C=O) groups is 3. The van der Waals surface area contributed by atoms with E-state index in [9.17, 15) is 14.4 Å². The van der Waals surface area contributed by atoms with Gasteiger partial charge >= 0.3 is 11.8 Å². The number of nitrogens with one attached hydrogen (secondary N) is 2. The first kappa shape index (κ1) is 15.2. The van der Waals surface area contributed by atoms with Crippen LogP contribution in [0.3, 0.4) is 0 Å². The highest BCUT2D eigenvalue weighted by molar-refractivity contribution is 6.39. The van der Waals surface area contributed by atoms with Gasteiger partial charge in [-0.15, -0.1) is 0 Å². The van der Waals surface area contributed by atoms with Gasteiger partial charge in [0.05, 0.1) is 0 Å². The summed E-state index contributed by atoms with van der Waals surface area (Å²) >= 11 is 0. The molecule has 0 bridgehead atoms. The molecule has 6 nitrogen and oxygen atoms in total. The number of amides is 3. The molecule has 2 N–H and O–H groups in total. The molecule has 24 heavy (non-hydrogen) atoms. The van der Waals surface area contributed by atoms with Crippen molar-refractivity contribution in [2.75, 3.05) is 16.8 Å². The van der Waals surface area contributed by atoms with Gasteiger partial charge in [-0.05, 0) is 62.3 Å². The number of anilines is 2. The standard InChI is InChI=1S/C18H21N3O3/c22-16(19-13-5-6-13)17(23)20-14-7-8-15-12(10-14)2-1-9-21(15)18(24)11-3-4-11/h7-8,10-11,13H,1-6,9H2,(H,19,22)(H,20,23). The molecule has 2 saturated carbocycles. The van der Waals surface area contributed by atoms with Crippen LogP contribution in [0.5, 0.6) is 0 Å². The first-order chi connectivity index (χ1) is 11.6. The molecule has 0 unspecified atom stereocenters. The highest BCUT2D eigenvalue weighted by Crippen LogP contribution is 2.36. The van der Waals surface area contributed by atoms with Gasteiger partial charge in [0.15, 0.2) is 0 Å². The van der Waals surface area contributed by atoms with Crippen LogP contribution in [0, 0.1) is 5.92 Å². The van der Waals surface area contributed by atoms with Crippen molar-refractivity contribution in [3.63, 3.8) is 0 Å². The van der Waals surface area contributed by atoms with Crippen molar-refractivity contribution < 1.29 is 14.4 Å². The van der Waals surface area contributed by atoms with Crippen LogP contribution in [0.2, 0.25) is 0 Å². The molecular weight excluding hydrogens is 306 g/mol. The predicted molar refractivity (Wildman–Crippen MR) is 89.6 cm³/mol. The number of nitrogens with zero attached hydrogens (tertiary/aromatic N) is 1. The quantitative estimate of drug-likeness (QED) is 0.828. The molecule has 1 heterocycles. The molecule has 4 rings (SSSR count). The van der Waals surface area contributed by atoms with E-state index >= 15 is 0 Å². The van der Waals surface area contributed by atoms with Gasteiger partial charge in [0.2, 0.25) is 5.91 Å². The molecule has 1 aliphatic heterocycles. The number of benzene rings is 1. The SMILES string of the molecule is O=C(Nc1ccc2c(c1)CCCN2C(=O)C1CC1)C(=O)NC1CC1. The van der Waals surface area contributed by atoms with Crippen molar-refractivity contribution in [1.82, 2.24) is 5.32 Å². The van der Waals surface area contributed by atoms with Gasteiger partial charge in [0, 0.05) is 29.9 Å². The lowest BCUT2D eigenvalue weighted by Gasteiger charge is -2.30. The van der Waals surface area contributed by atoms with Crippen LogP contribution in [0.1, 0.15) is 37.7 Å². The van der Waals surface area contributed by atoms with Crippen LogP contribution in [0.15, 0.2) is 18.2 Å². The lowest BCUT2D eigenvalue weighted by atomic mass is 10.0. The number of aryl methyl sites for hydroxylation is 1. The maximum atomic E-state index is 12.4. The van der Waals surface area contributed by atoms with E-state index < -0.39 is 11.8 Å². The summed E-state index contributed by atoms with van der Waals surface area (Å²) in [6.07, 6.45) is 5.68. The van der Waals surface area contributed by atoms with Crippen LogP contribution in [0.25, 0.3) is 0 Å². The molecule has 0 aromatic heterocycles. The molecule has 0 saturated heterocycles. The maximum absolute atomic E-state index is 12.4. The molecule has 1 aromatic rings. The zero-order valence-corrected chi connectivity index (χ0v) is 13.5. The minimum atomic E-state index is -0.636. The number of fused-ring (bicyclic) bond motifs is 1. The van der Waals surface area contributed by atoms with Crippen LogP contribution in [0.4, 0.5) is 11.4 Å². The average Bonchev–Trinajstić information content (AvgIpc) is 3.46. The van der Waals surface area contributed by atoms with E-state index in [2.05, 4.69) is 10.6 Å². The summed E-state index contributed by atoms with van der Waals surface area (Å²) in [6.45, 7) is 0.762. The summed E-state index contributed by atoms with van der Waals surface area (Å²) < 4.78 is 0. The van der Waals surface area contributed by atoms with E-state index in [0.717, 1.165) is 56.3 Å². The van der Waals surface area contributed by atoms with E-state index in [1.165, 1.54) is 0 Å². The summed E-state index contributed by atoms with van der Waals surface area (Å²) in [7, 11) is 0. The molecular formula is C18H21N3O3. The van der Waals surface area contributed by atoms with Crippen LogP contribution < -0.4 is 15.5 Å². The van der Waals surface area contributed by atoms with E-state index in [0.29, 0.717) is 5.69 Å². The second-order valence-electron chi connectivity index (χ2n) is 6.91. The third kappa shape index (κ3) is 3.13. The van der Waals surface area contributed by atoms with E-state index in [-0.39, 0.29) is 17.9 Å². The number of hydrogen-bond acceptors (Lipinski definition) is 3. The van der Waals surface area contributed by atoms with Crippen molar-refractivity contribution in [3.8, 4) is 0 Å². The molecule has 3 amide bonds. The Morgan fingerprint density at radius 1 is 1.04 bits per heavy atom. The summed E-state index contributed by atoms with van der Waals surface area (Å²) in [6, 6.07) is 5.68. The van der Waals surface area contributed by atoms with E-state index in [1.807, 2.05) is 17.0 Å². The number of carbonyl (C=O) groups excluding carboxylic acids is 3. The Bertz CT molecular complexity index is 707. The fourth-order valence-corrected chi connectivity index (χ4v) is 3.12. The third-order valence-electron chi connectivity index (χ3n) is 4.77. The second kappa shape index (κ2) is 5.92. The molecule has 1 aromatic carbocycles. The van der Waals surface area contributed by atoms with Crippen molar-refractivity contribution in [1.29, 1.82) is 0 Å². The molecule has 126 valence electrons. The van der Waals surface area contributed by atoms with Crippen molar-refractivity contribution in [2.45, 2.75) is 44.6 Å². The van der Waals surface area contributed by atoms with Crippen molar-refractivity contribution in [3.05, 3.63) is 23.8 Å². The molecule has 0 atom stereocenters. The normalized spacial score (nSPS) is 19.4. The summed E-state index contributed by atoms with van der Waals surface area (Å²) in [5.41, 5.74) is 2.60. The van der Waals surface area contributed by atoms with Crippen molar-refractivity contribution in [2.24, 2.45) is 5.92 Å². The number of hydrogen-bond donors (Lipinski definition) is 2. The Morgan fingerprint density at radius 2 is 1.83 bits per heavy atom. The van der Waals surface area contributed by atoms with Crippen LogP contribution in [-0.4, -0.2) is 30.3 Å². The Balaban J connectivity index is 1.47. The first-order valence-corrected chi connectivity index (χ1v) is 8.68. The Hall–Kier alpha value is -2.37. The molecule has 0 radical (unpaired) electrons. The average molecular weight is 327 g/mol. The maximum Gasteiger partial charge on any atom is 0.313 e. The lowest BCUT2D eigenvalue weighted by Crippen LogP contribution is -2.37. The first-order valence-electron chi connectivity index (χ1n) is 8.68. The topological polar surface area (TPSA) is 78.5 Å². The highest BCUT2D eigenvalue weighted by Gasteiger charge is 2.35. The largest absolute Gasteiger partial charge is 0.345 e. The molecule has 0 spiro atoms. The Kier molecular flexibility index (Phi) is 3.75. The second-order valence-corrected chi connectivity index (χ2v) is 6.91. The van der Waals surface area contributed by atoms with Gasteiger partial charge in [-0.1, -0.05) is 0 Å². The summed E-state index contributed by atoms with van der Waals surface area (Å²) in [4.78, 5) is 37.9. The number of rotatable bonds is 3. The van der Waals surface area contributed by atoms with Crippen LogP contribution >= 0.6 is 0 Å². The van der Waals surface area contributed by atoms with Crippen LogP contribution in [-0.2, 0) is 20.8 Å². The summed E-state index contributed by atoms with van der Waals surface area (Å²) in [5, 5.41) is 5.32. The van der Waals surface area contributed by atoms with Gasteiger partial charge in [0.25, 0.3) is 0 Å². The van der Waals surface area contributed by atoms with Gasteiger partial charge in [-0.2, -0.15) is 0 Å². The zero-order chi connectivity index (χ0) is 16.7. The minimum absolute atomic E-state index is 0.161. The Morgan fingerprint density at radius 3 is 2.54 bits per heavy atom. The monoisotopic (exact) mass is 327 g/mol. The smallest absolute Gasteiger partial charge is 0.313 e. The molecule has 6 heteroatoms. The van der Waals surface area contributed by atoms with Gasteiger partial charge < -0.3 is 15.5 Å². The predicted octanol–water partition coefficient (Wildman–Crippen LogP) is 1.59. The molecule has 2 fully saturated rings. The molecule has 2 aliphatic carbocycles. The zero-order valence-electron chi connectivity index (χ0n) is 13.5. The fraction of sp³-hybridized carbons (Fsp3) is 0.500.